The van der Waals surface area contributed by atoms with E-state index < -0.39 is 6.09 Å². The van der Waals surface area contributed by atoms with Crippen molar-refractivity contribution >= 4 is 12.0 Å². The summed E-state index contributed by atoms with van der Waals surface area (Å²) < 4.78 is 10.6. The van der Waals surface area contributed by atoms with E-state index in [1.165, 1.54) is 4.90 Å². The van der Waals surface area contributed by atoms with Gasteiger partial charge in [-0.1, -0.05) is 30.3 Å². The largest absolute Gasteiger partial charge is 0.447 e. The van der Waals surface area contributed by atoms with Gasteiger partial charge in [0.15, 0.2) is 0 Å². The lowest BCUT2D eigenvalue weighted by Crippen LogP contribution is -2.42. The molecule has 4 rings (SSSR count). The third kappa shape index (κ3) is 2.63. The van der Waals surface area contributed by atoms with Crippen LogP contribution in [0.4, 0.5) is 4.79 Å². The van der Waals surface area contributed by atoms with E-state index in [1.54, 1.807) is 0 Å². The lowest BCUT2D eigenvalue weighted by molar-refractivity contribution is -0.131. The zero-order valence-corrected chi connectivity index (χ0v) is 13.1. The molecule has 0 N–H and O–H groups in total. The fourth-order valence-corrected chi connectivity index (χ4v) is 3.96. The van der Waals surface area contributed by atoms with Gasteiger partial charge in [0.25, 0.3) is 0 Å². The van der Waals surface area contributed by atoms with Gasteiger partial charge in [-0.05, 0) is 36.7 Å². The van der Waals surface area contributed by atoms with E-state index in [0.717, 1.165) is 38.0 Å². The van der Waals surface area contributed by atoms with Gasteiger partial charge in [-0.3, -0.25) is 4.79 Å². The average molecular weight is 315 g/mol. The Hall–Kier alpha value is -1.88. The van der Waals surface area contributed by atoms with Crippen molar-refractivity contribution in [3.05, 3.63) is 35.9 Å². The molecule has 0 aromatic heterocycles. The minimum atomic E-state index is -0.481. The molecular weight excluding hydrogens is 294 g/mol. The summed E-state index contributed by atoms with van der Waals surface area (Å²) in [6, 6.07) is 9.75. The maximum Gasteiger partial charge on any atom is 0.416 e. The zero-order valence-electron chi connectivity index (χ0n) is 13.1. The van der Waals surface area contributed by atoms with Gasteiger partial charge < -0.3 is 9.47 Å². The smallest absolute Gasteiger partial charge is 0.416 e. The number of carbonyl (C=O) groups is 2. The fourth-order valence-electron chi connectivity index (χ4n) is 3.96. The first-order chi connectivity index (χ1) is 11.2. The normalized spacial score (nSPS) is 28.7. The van der Waals surface area contributed by atoms with Gasteiger partial charge in [-0.25, -0.2) is 9.69 Å². The molecule has 1 aromatic carbocycles. The van der Waals surface area contributed by atoms with Crippen LogP contribution in [-0.2, 0) is 20.7 Å². The van der Waals surface area contributed by atoms with Gasteiger partial charge in [-0.15, -0.1) is 0 Å². The van der Waals surface area contributed by atoms with Crippen molar-refractivity contribution in [1.29, 1.82) is 0 Å². The Kier molecular flexibility index (Phi) is 3.60. The molecule has 2 aliphatic heterocycles. The number of hydrogen-bond donors (Lipinski definition) is 0. The van der Waals surface area contributed by atoms with E-state index >= 15 is 0 Å². The summed E-state index contributed by atoms with van der Waals surface area (Å²) >= 11 is 0. The molecular formula is C18H21NO4. The summed E-state index contributed by atoms with van der Waals surface area (Å²) in [7, 11) is 0. The molecule has 0 bridgehead atoms. The third-order valence-electron chi connectivity index (χ3n) is 5.49. The second-order valence-electron chi connectivity index (χ2n) is 6.86. The molecule has 3 aliphatic rings. The summed E-state index contributed by atoms with van der Waals surface area (Å²) in [6.07, 6.45) is 2.91. The topological polar surface area (TPSA) is 55.8 Å². The number of amides is 2. The van der Waals surface area contributed by atoms with Crippen LogP contribution in [0, 0.1) is 11.3 Å². The van der Waals surface area contributed by atoms with Gasteiger partial charge in [0.05, 0.1) is 6.04 Å². The van der Waals surface area contributed by atoms with Crippen LogP contribution in [0.2, 0.25) is 0 Å². The van der Waals surface area contributed by atoms with E-state index in [4.69, 9.17) is 9.47 Å². The molecule has 1 aromatic rings. The Morgan fingerprint density at radius 2 is 1.96 bits per heavy atom. The lowest BCUT2D eigenvalue weighted by atomic mass is 9.93. The first-order valence-electron chi connectivity index (χ1n) is 8.31. The Bertz CT molecular complexity index is 609. The summed E-state index contributed by atoms with van der Waals surface area (Å²) in [5.74, 6) is -0.0781. The number of carbonyl (C=O) groups excluding carboxylic acids is 2. The first kappa shape index (κ1) is 14.7. The fraction of sp³-hybridized carbons (Fsp3) is 0.556. The quantitative estimate of drug-likeness (QED) is 0.859. The molecule has 3 fully saturated rings. The number of nitrogens with zero attached hydrogens (tertiary/aromatic N) is 1. The molecule has 2 unspecified atom stereocenters. The van der Waals surface area contributed by atoms with Crippen molar-refractivity contribution in [3.8, 4) is 0 Å². The number of ether oxygens (including phenoxy) is 2. The monoisotopic (exact) mass is 315 g/mol. The van der Waals surface area contributed by atoms with Gasteiger partial charge in [0, 0.05) is 19.1 Å². The molecule has 5 nitrogen and oxygen atoms in total. The van der Waals surface area contributed by atoms with E-state index in [0.29, 0.717) is 13.0 Å². The highest BCUT2D eigenvalue weighted by Gasteiger charge is 2.60. The molecule has 2 atom stereocenters. The van der Waals surface area contributed by atoms with Crippen molar-refractivity contribution in [2.24, 2.45) is 11.3 Å². The number of imide groups is 1. The molecule has 0 radical (unpaired) electrons. The predicted octanol–water partition coefficient (Wildman–Crippen LogP) is 2.39. The standard InChI is InChI=1S/C18H21NO4/c20-16(15-11-18(15)6-8-22-9-7-18)19-14(12-23-17(19)21)10-13-4-2-1-3-5-13/h1-5,14-15H,6-12H2. The van der Waals surface area contributed by atoms with Gasteiger partial charge in [0.1, 0.15) is 6.61 Å². The molecule has 2 saturated heterocycles. The minimum Gasteiger partial charge on any atom is -0.447 e. The summed E-state index contributed by atoms with van der Waals surface area (Å²) in [4.78, 5) is 26.3. The molecule has 122 valence electrons. The number of rotatable bonds is 3. The van der Waals surface area contributed by atoms with Crippen LogP contribution in [0.15, 0.2) is 30.3 Å². The predicted molar refractivity (Wildman–Crippen MR) is 82.7 cm³/mol. The zero-order chi connectivity index (χ0) is 15.9. The van der Waals surface area contributed by atoms with E-state index in [-0.39, 0.29) is 23.3 Å². The highest BCUT2D eigenvalue weighted by atomic mass is 16.6. The van der Waals surface area contributed by atoms with E-state index in [2.05, 4.69) is 0 Å². The summed E-state index contributed by atoms with van der Waals surface area (Å²) in [6.45, 7) is 1.74. The van der Waals surface area contributed by atoms with Crippen molar-refractivity contribution < 1.29 is 19.1 Å². The highest BCUT2D eigenvalue weighted by molar-refractivity contribution is 5.96. The highest BCUT2D eigenvalue weighted by Crippen LogP contribution is 2.60. The van der Waals surface area contributed by atoms with Crippen molar-refractivity contribution in [3.63, 3.8) is 0 Å². The van der Waals surface area contributed by atoms with E-state index in [9.17, 15) is 9.59 Å². The van der Waals surface area contributed by atoms with Gasteiger partial charge in [0.2, 0.25) is 5.91 Å². The van der Waals surface area contributed by atoms with Crippen molar-refractivity contribution in [2.45, 2.75) is 31.7 Å². The number of hydrogen-bond acceptors (Lipinski definition) is 4. The van der Waals surface area contributed by atoms with Crippen molar-refractivity contribution in [2.75, 3.05) is 19.8 Å². The van der Waals surface area contributed by atoms with Crippen LogP contribution in [0.3, 0.4) is 0 Å². The van der Waals surface area contributed by atoms with E-state index in [1.807, 2.05) is 30.3 Å². The Labute approximate surface area is 135 Å². The third-order valence-corrected chi connectivity index (χ3v) is 5.49. The second-order valence-corrected chi connectivity index (χ2v) is 6.86. The molecule has 1 aliphatic carbocycles. The number of benzene rings is 1. The molecule has 1 spiro atoms. The molecule has 2 heterocycles. The van der Waals surface area contributed by atoms with Crippen LogP contribution < -0.4 is 0 Å². The Balaban J connectivity index is 1.47. The van der Waals surface area contributed by atoms with Gasteiger partial charge in [-0.2, -0.15) is 0 Å². The van der Waals surface area contributed by atoms with Crippen LogP contribution in [0.25, 0.3) is 0 Å². The maximum atomic E-state index is 12.9. The average Bonchev–Trinajstić information content (AvgIpc) is 3.14. The number of cyclic esters (lactones) is 1. The molecule has 2 amide bonds. The van der Waals surface area contributed by atoms with Crippen LogP contribution in [-0.4, -0.2) is 42.8 Å². The van der Waals surface area contributed by atoms with Crippen LogP contribution >= 0.6 is 0 Å². The molecule has 5 heteroatoms. The summed E-state index contributed by atoms with van der Waals surface area (Å²) in [5, 5.41) is 0. The van der Waals surface area contributed by atoms with Crippen LogP contribution in [0.1, 0.15) is 24.8 Å². The Morgan fingerprint density at radius 1 is 1.22 bits per heavy atom. The molecule has 1 saturated carbocycles. The Morgan fingerprint density at radius 3 is 2.70 bits per heavy atom. The SMILES string of the molecule is O=C1OCC(Cc2ccccc2)N1C(=O)C1CC12CCOCC2. The van der Waals surface area contributed by atoms with Gasteiger partial charge >= 0.3 is 6.09 Å². The van der Waals surface area contributed by atoms with Crippen LogP contribution in [0.5, 0.6) is 0 Å². The van der Waals surface area contributed by atoms with Crippen molar-refractivity contribution in [1.82, 2.24) is 4.90 Å². The maximum absolute atomic E-state index is 12.9. The second kappa shape index (κ2) is 5.64. The lowest BCUT2D eigenvalue weighted by Gasteiger charge is -2.25. The first-order valence-corrected chi connectivity index (χ1v) is 8.31. The molecule has 23 heavy (non-hydrogen) atoms. The summed E-state index contributed by atoms with van der Waals surface area (Å²) in [5.41, 5.74) is 1.19. The minimum absolute atomic E-state index is 0.0321.